The fraction of sp³-hybridized carbons (Fsp3) is 0.200. The lowest BCUT2D eigenvalue weighted by Gasteiger charge is -2.10. The Balaban J connectivity index is 2.13. The molecule has 0 radical (unpaired) electrons. The monoisotopic (exact) mass is 322 g/mol. The number of nitrogens with one attached hydrogen (secondary N) is 1. The molecule has 4 nitrogen and oxygen atoms in total. The highest BCUT2D eigenvalue weighted by Crippen LogP contribution is 2.20. The van der Waals surface area contributed by atoms with Crippen LogP contribution in [-0.2, 0) is 16.6 Å². The SMILES string of the molecule is CSc1ccc(CNc2ccc(C)c(S(N)(=O)=O)c2)cc1. The van der Waals surface area contributed by atoms with Crippen LogP contribution < -0.4 is 10.5 Å². The van der Waals surface area contributed by atoms with Gasteiger partial charge in [0, 0.05) is 17.1 Å². The Bertz CT molecular complexity index is 726. The number of primary sulfonamides is 1. The second-order valence-corrected chi connectivity index (χ2v) is 7.14. The minimum atomic E-state index is -3.69. The van der Waals surface area contributed by atoms with E-state index in [9.17, 15) is 8.42 Å². The average Bonchev–Trinajstić information content (AvgIpc) is 2.45. The molecule has 0 aromatic heterocycles. The molecule has 0 aliphatic carbocycles. The van der Waals surface area contributed by atoms with Crippen molar-refractivity contribution in [3.63, 3.8) is 0 Å². The van der Waals surface area contributed by atoms with Crippen LogP contribution in [0.15, 0.2) is 52.3 Å². The van der Waals surface area contributed by atoms with E-state index in [0.717, 1.165) is 11.3 Å². The summed E-state index contributed by atoms with van der Waals surface area (Å²) in [5.74, 6) is 0. The standard InChI is InChI=1S/C15H18N2O2S2/c1-11-3-6-13(9-15(11)21(16,18)19)17-10-12-4-7-14(20-2)8-5-12/h3-9,17H,10H2,1-2H3,(H2,16,18,19). The molecule has 3 N–H and O–H groups in total. The molecule has 0 saturated heterocycles. The van der Waals surface area contributed by atoms with Gasteiger partial charge in [0.25, 0.3) is 0 Å². The van der Waals surface area contributed by atoms with E-state index in [1.54, 1.807) is 30.8 Å². The van der Waals surface area contributed by atoms with Gasteiger partial charge in [0.15, 0.2) is 0 Å². The summed E-state index contributed by atoms with van der Waals surface area (Å²) in [5.41, 5.74) is 2.51. The average molecular weight is 322 g/mol. The van der Waals surface area contributed by atoms with Gasteiger partial charge in [0.2, 0.25) is 10.0 Å². The van der Waals surface area contributed by atoms with Crippen molar-refractivity contribution in [2.24, 2.45) is 5.14 Å². The van der Waals surface area contributed by atoms with Gasteiger partial charge in [-0.15, -0.1) is 11.8 Å². The predicted molar refractivity (Wildman–Crippen MR) is 88.1 cm³/mol. The maximum absolute atomic E-state index is 11.5. The number of hydrogen-bond donors (Lipinski definition) is 2. The molecule has 2 aromatic carbocycles. The van der Waals surface area contributed by atoms with E-state index in [-0.39, 0.29) is 4.90 Å². The Morgan fingerprint density at radius 3 is 2.38 bits per heavy atom. The highest BCUT2D eigenvalue weighted by molar-refractivity contribution is 7.98. The van der Waals surface area contributed by atoms with Crippen LogP contribution in [0.1, 0.15) is 11.1 Å². The van der Waals surface area contributed by atoms with Crippen molar-refractivity contribution in [2.75, 3.05) is 11.6 Å². The van der Waals surface area contributed by atoms with Crippen LogP contribution >= 0.6 is 11.8 Å². The molecule has 0 amide bonds. The lowest BCUT2D eigenvalue weighted by atomic mass is 10.2. The van der Waals surface area contributed by atoms with Gasteiger partial charge in [-0.3, -0.25) is 0 Å². The first-order valence-electron chi connectivity index (χ1n) is 6.40. The Labute approximate surface area is 129 Å². The number of anilines is 1. The van der Waals surface area contributed by atoms with E-state index in [2.05, 4.69) is 17.4 Å². The molecule has 0 saturated carbocycles. The van der Waals surface area contributed by atoms with Gasteiger partial charge in [-0.05, 0) is 48.6 Å². The fourth-order valence-electron chi connectivity index (χ4n) is 1.96. The minimum absolute atomic E-state index is 0.158. The zero-order chi connectivity index (χ0) is 15.5. The Morgan fingerprint density at radius 1 is 1.14 bits per heavy atom. The molecular weight excluding hydrogens is 304 g/mol. The summed E-state index contributed by atoms with van der Waals surface area (Å²) < 4.78 is 23.0. The smallest absolute Gasteiger partial charge is 0.238 e. The van der Waals surface area contributed by atoms with Crippen LogP contribution in [0.2, 0.25) is 0 Å². The van der Waals surface area contributed by atoms with Gasteiger partial charge in [-0.25, -0.2) is 13.6 Å². The zero-order valence-corrected chi connectivity index (χ0v) is 13.6. The molecule has 6 heteroatoms. The van der Waals surface area contributed by atoms with Crippen molar-refractivity contribution >= 4 is 27.5 Å². The highest BCUT2D eigenvalue weighted by atomic mass is 32.2. The first-order valence-corrected chi connectivity index (χ1v) is 9.17. The van der Waals surface area contributed by atoms with Gasteiger partial charge < -0.3 is 5.32 Å². The van der Waals surface area contributed by atoms with Crippen molar-refractivity contribution in [3.8, 4) is 0 Å². The third-order valence-corrected chi connectivity index (χ3v) is 4.95. The number of nitrogens with two attached hydrogens (primary N) is 1. The number of sulfonamides is 1. The summed E-state index contributed by atoms with van der Waals surface area (Å²) >= 11 is 1.70. The number of hydrogen-bond acceptors (Lipinski definition) is 4. The van der Waals surface area contributed by atoms with E-state index in [4.69, 9.17) is 5.14 Å². The first-order chi connectivity index (χ1) is 9.90. The van der Waals surface area contributed by atoms with E-state index in [1.807, 2.05) is 24.5 Å². The molecule has 2 rings (SSSR count). The Hall–Kier alpha value is -1.50. The van der Waals surface area contributed by atoms with Gasteiger partial charge in [0.05, 0.1) is 4.90 Å². The van der Waals surface area contributed by atoms with Crippen molar-refractivity contribution in [1.29, 1.82) is 0 Å². The van der Waals surface area contributed by atoms with Gasteiger partial charge in [-0.2, -0.15) is 0 Å². The first kappa shape index (κ1) is 15.9. The topological polar surface area (TPSA) is 72.2 Å². The van der Waals surface area contributed by atoms with E-state index in [1.165, 1.54) is 4.90 Å². The summed E-state index contributed by atoms with van der Waals surface area (Å²) in [6.07, 6.45) is 2.04. The van der Waals surface area contributed by atoms with Crippen LogP contribution in [0, 0.1) is 6.92 Å². The fourth-order valence-corrected chi connectivity index (χ4v) is 3.18. The second-order valence-electron chi connectivity index (χ2n) is 4.73. The third-order valence-electron chi connectivity index (χ3n) is 3.15. The molecule has 0 unspecified atom stereocenters. The van der Waals surface area contributed by atoms with E-state index < -0.39 is 10.0 Å². The largest absolute Gasteiger partial charge is 0.381 e. The lowest BCUT2D eigenvalue weighted by Crippen LogP contribution is -2.14. The molecule has 21 heavy (non-hydrogen) atoms. The molecule has 0 heterocycles. The third kappa shape index (κ3) is 4.23. The summed E-state index contributed by atoms with van der Waals surface area (Å²) in [6, 6.07) is 13.4. The van der Waals surface area contributed by atoms with Crippen molar-refractivity contribution in [2.45, 2.75) is 23.3 Å². The maximum atomic E-state index is 11.5. The Kier molecular flexibility index (Phi) is 4.92. The molecule has 2 aromatic rings. The molecule has 0 atom stereocenters. The minimum Gasteiger partial charge on any atom is -0.381 e. The quantitative estimate of drug-likeness (QED) is 0.830. The van der Waals surface area contributed by atoms with Crippen LogP contribution in [0.4, 0.5) is 5.69 Å². The maximum Gasteiger partial charge on any atom is 0.238 e. The number of benzene rings is 2. The van der Waals surface area contributed by atoms with Crippen molar-refractivity contribution in [3.05, 3.63) is 53.6 Å². The number of aryl methyl sites for hydroxylation is 1. The van der Waals surface area contributed by atoms with Crippen molar-refractivity contribution < 1.29 is 8.42 Å². The van der Waals surface area contributed by atoms with Crippen LogP contribution in [-0.4, -0.2) is 14.7 Å². The summed E-state index contributed by atoms with van der Waals surface area (Å²) in [6.45, 7) is 2.35. The predicted octanol–water partition coefficient (Wildman–Crippen LogP) is 2.98. The lowest BCUT2D eigenvalue weighted by molar-refractivity contribution is 0.597. The van der Waals surface area contributed by atoms with E-state index in [0.29, 0.717) is 12.1 Å². The van der Waals surface area contributed by atoms with Crippen LogP contribution in [0.3, 0.4) is 0 Å². The summed E-state index contributed by atoms with van der Waals surface area (Å²) in [7, 11) is -3.69. The molecule has 0 spiro atoms. The molecule has 0 fully saturated rings. The van der Waals surface area contributed by atoms with E-state index >= 15 is 0 Å². The molecular formula is C15H18N2O2S2. The molecule has 112 valence electrons. The van der Waals surface area contributed by atoms with Crippen LogP contribution in [0.25, 0.3) is 0 Å². The number of thioether (sulfide) groups is 1. The number of rotatable bonds is 5. The normalized spacial score (nSPS) is 11.4. The van der Waals surface area contributed by atoms with Gasteiger partial charge >= 0.3 is 0 Å². The summed E-state index contributed by atoms with van der Waals surface area (Å²) in [5, 5.41) is 8.42. The molecule has 0 bridgehead atoms. The molecule has 0 aliphatic rings. The molecule has 0 aliphatic heterocycles. The van der Waals surface area contributed by atoms with Gasteiger partial charge in [0.1, 0.15) is 0 Å². The van der Waals surface area contributed by atoms with Crippen molar-refractivity contribution in [1.82, 2.24) is 0 Å². The summed E-state index contributed by atoms with van der Waals surface area (Å²) in [4.78, 5) is 1.37. The highest BCUT2D eigenvalue weighted by Gasteiger charge is 2.11. The van der Waals surface area contributed by atoms with Crippen LogP contribution in [0.5, 0.6) is 0 Å². The van der Waals surface area contributed by atoms with Gasteiger partial charge in [-0.1, -0.05) is 18.2 Å². The Morgan fingerprint density at radius 2 is 1.81 bits per heavy atom. The second kappa shape index (κ2) is 6.51. The zero-order valence-electron chi connectivity index (χ0n) is 12.0.